The van der Waals surface area contributed by atoms with Crippen LogP contribution in [0.5, 0.6) is 11.5 Å². The van der Waals surface area contributed by atoms with Crippen molar-refractivity contribution in [1.82, 2.24) is 5.32 Å². The molecule has 3 N–H and O–H groups in total. The van der Waals surface area contributed by atoms with Crippen LogP contribution in [0.4, 0.5) is 0 Å². The van der Waals surface area contributed by atoms with Gasteiger partial charge in [0.15, 0.2) is 17.5 Å². The molecule has 0 radical (unpaired) electrons. The Morgan fingerprint density at radius 2 is 2.26 bits per heavy atom. The summed E-state index contributed by atoms with van der Waals surface area (Å²) in [5.74, 6) is 1.95. The van der Waals surface area contributed by atoms with Crippen LogP contribution in [0.3, 0.4) is 0 Å². The van der Waals surface area contributed by atoms with Crippen molar-refractivity contribution in [3.63, 3.8) is 0 Å². The van der Waals surface area contributed by atoms with E-state index < -0.39 is 0 Å². The molecule has 5 nitrogen and oxygen atoms in total. The predicted octanol–water partition coefficient (Wildman–Crippen LogP) is 1.44. The first-order valence-corrected chi connectivity index (χ1v) is 6.33. The highest BCUT2D eigenvalue weighted by molar-refractivity contribution is 5.78. The van der Waals surface area contributed by atoms with Gasteiger partial charge in [-0.2, -0.15) is 0 Å². The number of ether oxygens (including phenoxy) is 2. The van der Waals surface area contributed by atoms with Crippen LogP contribution in [0.15, 0.2) is 35.8 Å². The molecule has 0 saturated carbocycles. The third-order valence-electron chi connectivity index (χ3n) is 2.70. The molecule has 102 valence electrons. The van der Waals surface area contributed by atoms with Crippen molar-refractivity contribution in [3.05, 3.63) is 36.4 Å². The van der Waals surface area contributed by atoms with Crippen molar-refractivity contribution >= 4 is 5.96 Å². The molecule has 1 heterocycles. The summed E-state index contributed by atoms with van der Waals surface area (Å²) in [4.78, 5) is 4.27. The molecule has 0 fully saturated rings. The molecule has 0 aromatic heterocycles. The lowest BCUT2D eigenvalue weighted by molar-refractivity contribution is 0.296. The SMILES string of the molecule is C=CCNC(N)=NCc1cccc2c1OCCCO2. The zero-order valence-corrected chi connectivity index (χ0v) is 10.9. The molecule has 0 bridgehead atoms. The number of para-hydroxylation sites is 1. The molecule has 0 unspecified atom stereocenters. The molecule has 0 atom stereocenters. The first kappa shape index (κ1) is 13.3. The van der Waals surface area contributed by atoms with Gasteiger partial charge < -0.3 is 20.5 Å². The second-order valence-corrected chi connectivity index (χ2v) is 4.17. The quantitative estimate of drug-likeness (QED) is 0.489. The van der Waals surface area contributed by atoms with Gasteiger partial charge in [-0.05, 0) is 6.07 Å². The van der Waals surface area contributed by atoms with Crippen molar-refractivity contribution in [1.29, 1.82) is 0 Å². The number of guanidine groups is 1. The number of rotatable bonds is 4. The van der Waals surface area contributed by atoms with Gasteiger partial charge in [-0.1, -0.05) is 18.2 Å². The number of nitrogens with zero attached hydrogens (tertiary/aromatic N) is 1. The minimum atomic E-state index is 0.395. The fourth-order valence-electron chi connectivity index (χ4n) is 1.78. The van der Waals surface area contributed by atoms with E-state index in [4.69, 9.17) is 15.2 Å². The number of hydrogen-bond acceptors (Lipinski definition) is 3. The van der Waals surface area contributed by atoms with E-state index in [0.29, 0.717) is 32.3 Å². The highest BCUT2D eigenvalue weighted by Crippen LogP contribution is 2.33. The number of hydrogen-bond donors (Lipinski definition) is 2. The molecule has 0 amide bonds. The van der Waals surface area contributed by atoms with E-state index in [9.17, 15) is 0 Å². The Labute approximate surface area is 113 Å². The lowest BCUT2D eigenvalue weighted by atomic mass is 10.2. The van der Waals surface area contributed by atoms with Crippen molar-refractivity contribution in [3.8, 4) is 11.5 Å². The second kappa shape index (κ2) is 6.68. The van der Waals surface area contributed by atoms with Gasteiger partial charge in [0.2, 0.25) is 0 Å². The molecule has 1 aliphatic rings. The molecule has 19 heavy (non-hydrogen) atoms. The fourth-order valence-corrected chi connectivity index (χ4v) is 1.78. The molecular formula is C14H19N3O2. The van der Waals surface area contributed by atoms with Gasteiger partial charge in [-0.15, -0.1) is 6.58 Å². The van der Waals surface area contributed by atoms with Crippen LogP contribution >= 0.6 is 0 Å². The van der Waals surface area contributed by atoms with E-state index in [1.54, 1.807) is 6.08 Å². The molecule has 0 aliphatic carbocycles. The molecule has 1 aromatic rings. The molecule has 2 rings (SSSR count). The summed E-state index contributed by atoms with van der Waals surface area (Å²) < 4.78 is 11.3. The summed E-state index contributed by atoms with van der Waals surface area (Å²) in [7, 11) is 0. The fraction of sp³-hybridized carbons (Fsp3) is 0.357. The Kier molecular flexibility index (Phi) is 4.66. The van der Waals surface area contributed by atoms with E-state index in [2.05, 4.69) is 16.9 Å². The van der Waals surface area contributed by atoms with Crippen molar-refractivity contribution in [2.24, 2.45) is 10.7 Å². The summed E-state index contributed by atoms with van der Waals surface area (Å²) in [5.41, 5.74) is 6.71. The highest BCUT2D eigenvalue weighted by atomic mass is 16.5. The van der Waals surface area contributed by atoms with Crippen molar-refractivity contribution in [2.75, 3.05) is 19.8 Å². The van der Waals surface area contributed by atoms with Crippen molar-refractivity contribution < 1.29 is 9.47 Å². The van der Waals surface area contributed by atoms with E-state index in [1.807, 2.05) is 18.2 Å². The maximum Gasteiger partial charge on any atom is 0.189 e. The average molecular weight is 261 g/mol. The summed E-state index contributed by atoms with van der Waals surface area (Å²) in [6.07, 6.45) is 2.62. The highest BCUT2D eigenvalue weighted by Gasteiger charge is 2.13. The number of nitrogens with two attached hydrogens (primary N) is 1. The second-order valence-electron chi connectivity index (χ2n) is 4.17. The van der Waals surface area contributed by atoms with Gasteiger partial charge in [0.1, 0.15) is 0 Å². The van der Waals surface area contributed by atoms with Crippen LogP contribution in [0.2, 0.25) is 0 Å². The van der Waals surface area contributed by atoms with Crippen LogP contribution in [0.25, 0.3) is 0 Å². The Balaban J connectivity index is 2.10. The average Bonchev–Trinajstić information content (AvgIpc) is 2.68. The Bertz CT molecular complexity index is 472. The summed E-state index contributed by atoms with van der Waals surface area (Å²) in [6, 6.07) is 5.82. The standard InChI is InChI=1S/C14H19N3O2/c1-2-7-16-14(15)17-10-11-5-3-6-12-13(11)19-9-4-8-18-12/h2-3,5-6H,1,4,7-10H2,(H3,15,16,17). The van der Waals surface area contributed by atoms with Gasteiger partial charge in [-0.3, -0.25) is 0 Å². The zero-order chi connectivity index (χ0) is 13.5. The smallest absolute Gasteiger partial charge is 0.189 e. The van der Waals surface area contributed by atoms with Gasteiger partial charge >= 0.3 is 0 Å². The van der Waals surface area contributed by atoms with E-state index in [1.165, 1.54) is 0 Å². The lowest BCUT2D eigenvalue weighted by Crippen LogP contribution is -2.31. The monoisotopic (exact) mass is 261 g/mol. The molecule has 1 aromatic carbocycles. The summed E-state index contributed by atoms with van der Waals surface area (Å²) >= 11 is 0. The lowest BCUT2D eigenvalue weighted by Gasteiger charge is -2.11. The predicted molar refractivity (Wildman–Crippen MR) is 75.6 cm³/mol. The summed E-state index contributed by atoms with van der Waals surface area (Å²) in [6.45, 7) is 6.02. The largest absolute Gasteiger partial charge is 0.490 e. The number of nitrogens with one attached hydrogen (secondary N) is 1. The number of fused-ring (bicyclic) bond motifs is 1. The Hall–Kier alpha value is -2.17. The normalized spacial score (nSPS) is 14.6. The van der Waals surface area contributed by atoms with Gasteiger partial charge in [0, 0.05) is 18.5 Å². The topological polar surface area (TPSA) is 68.9 Å². The minimum absolute atomic E-state index is 0.395. The number of aliphatic imine (C=N–C) groups is 1. The third-order valence-corrected chi connectivity index (χ3v) is 2.70. The van der Waals surface area contributed by atoms with Crippen LogP contribution in [0, 0.1) is 0 Å². The van der Waals surface area contributed by atoms with Crippen LogP contribution in [0.1, 0.15) is 12.0 Å². The van der Waals surface area contributed by atoms with E-state index in [-0.39, 0.29) is 0 Å². The van der Waals surface area contributed by atoms with Gasteiger partial charge in [0.25, 0.3) is 0 Å². The minimum Gasteiger partial charge on any atom is -0.490 e. The van der Waals surface area contributed by atoms with Crippen LogP contribution in [-0.2, 0) is 6.54 Å². The third kappa shape index (κ3) is 3.64. The van der Waals surface area contributed by atoms with Crippen molar-refractivity contribution in [2.45, 2.75) is 13.0 Å². The first-order valence-electron chi connectivity index (χ1n) is 6.33. The molecule has 5 heteroatoms. The molecule has 0 saturated heterocycles. The zero-order valence-electron chi connectivity index (χ0n) is 10.9. The molecule has 0 spiro atoms. The van der Waals surface area contributed by atoms with E-state index >= 15 is 0 Å². The maximum absolute atomic E-state index is 5.73. The Morgan fingerprint density at radius 1 is 1.42 bits per heavy atom. The maximum atomic E-state index is 5.73. The van der Waals surface area contributed by atoms with E-state index in [0.717, 1.165) is 23.5 Å². The van der Waals surface area contributed by atoms with Crippen LogP contribution < -0.4 is 20.5 Å². The van der Waals surface area contributed by atoms with Gasteiger partial charge in [-0.25, -0.2) is 4.99 Å². The van der Waals surface area contributed by atoms with Gasteiger partial charge in [0.05, 0.1) is 19.8 Å². The number of benzene rings is 1. The summed E-state index contributed by atoms with van der Waals surface area (Å²) in [5, 5.41) is 2.93. The Morgan fingerprint density at radius 3 is 3.11 bits per heavy atom. The van der Waals surface area contributed by atoms with Crippen LogP contribution in [-0.4, -0.2) is 25.7 Å². The molecular weight excluding hydrogens is 242 g/mol. The molecule has 1 aliphatic heterocycles. The first-order chi connectivity index (χ1) is 9.31.